The van der Waals surface area contributed by atoms with Crippen LogP contribution in [0, 0.1) is 0 Å². The predicted molar refractivity (Wildman–Crippen MR) is 78.3 cm³/mol. The van der Waals surface area contributed by atoms with E-state index in [2.05, 4.69) is 33.2 Å². The Morgan fingerprint density at radius 3 is 3.06 bits per heavy atom. The third-order valence-corrected chi connectivity index (χ3v) is 4.32. The van der Waals surface area contributed by atoms with E-state index in [0.29, 0.717) is 6.04 Å². The number of anilines is 1. The first-order valence-corrected chi connectivity index (χ1v) is 7.32. The number of aliphatic imine (C=N–C) groups is 1. The number of nitrogens with zero attached hydrogens (tertiary/aromatic N) is 1. The Labute approximate surface area is 114 Å². The Morgan fingerprint density at radius 1 is 1.59 bits per heavy atom. The van der Waals surface area contributed by atoms with Crippen LogP contribution in [0.2, 0.25) is 0 Å². The number of methoxy groups -OCH3 is 1. The maximum atomic E-state index is 5.21. The fourth-order valence-electron chi connectivity index (χ4n) is 1.54. The van der Waals surface area contributed by atoms with Crippen molar-refractivity contribution in [2.75, 3.05) is 18.2 Å². The molecule has 1 aliphatic heterocycles. The molecule has 1 atom stereocenters. The first-order chi connectivity index (χ1) is 8.22. The number of hydrogen-bond donors (Lipinski definition) is 1. The molecule has 0 saturated carbocycles. The van der Waals surface area contributed by atoms with Gasteiger partial charge in [-0.05, 0) is 34.5 Å². The van der Waals surface area contributed by atoms with Gasteiger partial charge >= 0.3 is 0 Å². The minimum atomic E-state index is 0.451. The van der Waals surface area contributed by atoms with Gasteiger partial charge in [-0.25, -0.2) is 0 Å². The summed E-state index contributed by atoms with van der Waals surface area (Å²) in [5, 5.41) is 4.33. The fourth-order valence-corrected chi connectivity index (χ4v) is 2.95. The number of thioether (sulfide) groups is 1. The lowest BCUT2D eigenvalue weighted by Crippen LogP contribution is -2.06. The monoisotopic (exact) mass is 314 g/mol. The molecule has 0 bridgehead atoms. The zero-order valence-corrected chi connectivity index (χ0v) is 12.3. The van der Waals surface area contributed by atoms with Crippen molar-refractivity contribution < 1.29 is 4.74 Å². The molecule has 0 fully saturated rings. The number of nitrogens with one attached hydrogen (secondary N) is 1. The van der Waals surface area contributed by atoms with Gasteiger partial charge in [0.15, 0.2) is 5.17 Å². The van der Waals surface area contributed by atoms with Crippen LogP contribution in [0.15, 0.2) is 27.7 Å². The summed E-state index contributed by atoms with van der Waals surface area (Å²) in [6.45, 7) is 2.17. The second kappa shape index (κ2) is 5.78. The van der Waals surface area contributed by atoms with E-state index in [1.165, 1.54) is 0 Å². The van der Waals surface area contributed by atoms with Crippen LogP contribution in [0.3, 0.4) is 0 Å². The highest BCUT2D eigenvalue weighted by molar-refractivity contribution is 9.10. The van der Waals surface area contributed by atoms with E-state index >= 15 is 0 Å². The highest BCUT2D eigenvalue weighted by atomic mass is 79.9. The zero-order chi connectivity index (χ0) is 12.3. The van der Waals surface area contributed by atoms with Crippen molar-refractivity contribution in [3.8, 4) is 5.75 Å². The SMILES string of the molecule is CCC1CSC(Nc2cc(OC)ccc2Br)=N1. The number of ether oxygens (including phenoxy) is 1. The normalized spacial score (nSPS) is 19.0. The molecule has 5 heteroatoms. The predicted octanol–water partition coefficient (Wildman–Crippen LogP) is 3.75. The van der Waals surface area contributed by atoms with Gasteiger partial charge in [-0.2, -0.15) is 0 Å². The Hall–Kier alpha value is -0.680. The van der Waals surface area contributed by atoms with E-state index in [4.69, 9.17) is 4.74 Å². The number of hydrogen-bond acceptors (Lipinski definition) is 4. The van der Waals surface area contributed by atoms with E-state index in [0.717, 1.165) is 33.3 Å². The summed E-state index contributed by atoms with van der Waals surface area (Å²) in [4.78, 5) is 4.61. The Balaban J connectivity index is 2.13. The van der Waals surface area contributed by atoms with Gasteiger partial charge in [0, 0.05) is 16.3 Å². The maximum Gasteiger partial charge on any atom is 0.161 e. The Kier molecular flexibility index (Phi) is 4.34. The standard InChI is InChI=1S/C12H15BrN2OS/c1-3-8-7-17-12(14-8)15-11-6-9(16-2)4-5-10(11)13/h4-6,8H,3,7H2,1-2H3,(H,14,15). The van der Waals surface area contributed by atoms with Crippen molar-refractivity contribution in [3.05, 3.63) is 22.7 Å². The first-order valence-electron chi connectivity index (χ1n) is 5.54. The summed E-state index contributed by atoms with van der Waals surface area (Å²) in [5.74, 6) is 1.91. The largest absolute Gasteiger partial charge is 0.497 e. The molecule has 3 nitrogen and oxygen atoms in total. The van der Waals surface area contributed by atoms with E-state index in [1.54, 1.807) is 18.9 Å². The smallest absolute Gasteiger partial charge is 0.161 e. The van der Waals surface area contributed by atoms with Crippen LogP contribution >= 0.6 is 27.7 Å². The molecule has 1 heterocycles. The van der Waals surface area contributed by atoms with Gasteiger partial charge in [-0.1, -0.05) is 18.7 Å². The van der Waals surface area contributed by atoms with E-state index < -0.39 is 0 Å². The van der Waals surface area contributed by atoms with E-state index in [9.17, 15) is 0 Å². The van der Waals surface area contributed by atoms with Gasteiger partial charge in [0.2, 0.25) is 0 Å². The quantitative estimate of drug-likeness (QED) is 0.922. The molecule has 1 aromatic rings. The molecule has 17 heavy (non-hydrogen) atoms. The van der Waals surface area contributed by atoms with Gasteiger partial charge in [-0.15, -0.1) is 0 Å². The summed E-state index contributed by atoms with van der Waals surface area (Å²) < 4.78 is 6.22. The zero-order valence-electron chi connectivity index (χ0n) is 9.87. The lowest BCUT2D eigenvalue weighted by atomic mass is 10.3. The number of rotatable bonds is 3. The van der Waals surface area contributed by atoms with Gasteiger partial charge in [0.25, 0.3) is 0 Å². The molecule has 2 rings (SSSR count). The van der Waals surface area contributed by atoms with Gasteiger partial charge in [-0.3, -0.25) is 4.99 Å². The molecule has 0 amide bonds. The van der Waals surface area contributed by atoms with Crippen molar-refractivity contribution in [2.24, 2.45) is 4.99 Å². The highest BCUT2D eigenvalue weighted by Crippen LogP contribution is 2.29. The van der Waals surface area contributed by atoms with Gasteiger partial charge in [0.05, 0.1) is 18.8 Å². The second-order valence-electron chi connectivity index (χ2n) is 3.78. The van der Waals surface area contributed by atoms with Gasteiger partial charge in [0.1, 0.15) is 5.75 Å². The third kappa shape index (κ3) is 3.16. The molecular formula is C12H15BrN2OS. The van der Waals surface area contributed by atoms with Crippen molar-refractivity contribution in [3.63, 3.8) is 0 Å². The molecule has 92 valence electrons. The minimum absolute atomic E-state index is 0.451. The second-order valence-corrected chi connectivity index (χ2v) is 5.64. The summed E-state index contributed by atoms with van der Waals surface area (Å²) >= 11 is 5.29. The molecule has 0 spiro atoms. The third-order valence-electron chi connectivity index (χ3n) is 2.60. The molecule has 1 N–H and O–H groups in total. The Bertz CT molecular complexity index is 437. The Morgan fingerprint density at radius 2 is 2.41 bits per heavy atom. The summed E-state index contributed by atoms with van der Waals surface area (Å²) in [7, 11) is 1.67. The topological polar surface area (TPSA) is 33.6 Å². The van der Waals surface area contributed by atoms with Crippen molar-refractivity contribution in [2.45, 2.75) is 19.4 Å². The molecule has 0 aromatic heterocycles. The van der Waals surface area contributed by atoms with Crippen LogP contribution in [-0.2, 0) is 0 Å². The molecule has 0 aliphatic carbocycles. The van der Waals surface area contributed by atoms with E-state index in [1.807, 2.05) is 18.2 Å². The maximum absolute atomic E-state index is 5.21. The lowest BCUT2D eigenvalue weighted by molar-refractivity contribution is 0.415. The van der Waals surface area contributed by atoms with Crippen LogP contribution in [0.25, 0.3) is 0 Å². The molecule has 1 unspecified atom stereocenters. The van der Waals surface area contributed by atoms with Gasteiger partial charge < -0.3 is 10.1 Å². The summed E-state index contributed by atoms with van der Waals surface area (Å²) in [6.07, 6.45) is 1.09. The number of amidine groups is 1. The average Bonchev–Trinajstić information content (AvgIpc) is 2.80. The van der Waals surface area contributed by atoms with E-state index in [-0.39, 0.29) is 0 Å². The van der Waals surface area contributed by atoms with Crippen LogP contribution in [-0.4, -0.2) is 24.1 Å². The minimum Gasteiger partial charge on any atom is -0.497 e. The van der Waals surface area contributed by atoms with Crippen LogP contribution in [0.1, 0.15) is 13.3 Å². The molecule has 0 saturated heterocycles. The summed E-state index contributed by atoms with van der Waals surface area (Å²) in [6, 6.07) is 6.31. The lowest BCUT2D eigenvalue weighted by Gasteiger charge is -2.09. The molecule has 1 aromatic carbocycles. The average molecular weight is 315 g/mol. The number of benzene rings is 1. The molecular weight excluding hydrogens is 300 g/mol. The van der Waals surface area contributed by atoms with Crippen molar-refractivity contribution in [1.29, 1.82) is 0 Å². The highest BCUT2D eigenvalue weighted by Gasteiger charge is 2.17. The molecule has 0 radical (unpaired) electrons. The van der Waals surface area contributed by atoms with Crippen molar-refractivity contribution in [1.82, 2.24) is 0 Å². The fraction of sp³-hybridized carbons (Fsp3) is 0.417. The van der Waals surface area contributed by atoms with Crippen LogP contribution in [0.4, 0.5) is 5.69 Å². The van der Waals surface area contributed by atoms with Crippen molar-refractivity contribution >= 4 is 38.5 Å². The first kappa shape index (κ1) is 12.8. The van der Waals surface area contributed by atoms with Crippen LogP contribution < -0.4 is 10.1 Å². The number of halogens is 1. The molecule has 1 aliphatic rings. The van der Waals surface area contributed by atoms with Crippen LogP contribution in [0.5, 0.6) is 5.75 Å². The summed E-state index contributed by atoms with van der Waals surface area (Å²) in [5.41, 5.74) is 0.993.